The van der Waals surface area contributed by atoms with Crippen molar-refractivity contribution in [1.29, 1.82) is 0 Å². The first-order valence-electron chi connectivity index (χ1n) is 6.42. The molecule has 1 heterocycles. The Morgan fingerprint density at radius 2 is 2.18 bits per heavy atom. The third-order valence-corrected chi connectivity index (χ3v) is 2.96. The van der Waals surface area contributed by atoms with E-state index in [1.54, 1.807) is 0 Å². The summed E-state index contributed by atoms with van der Waals surface area (Å²) in [5.74, 6) is 0.940. The molecule has 1 aromatic rings. The van der Waals surface area contributed by atoms with E-state index in [1.165, 1.54) is 18.4 Å². The molecule has 0 aliphatic carbocycles. The van der Waals surface area contributed by atoms with Gasteiger partial charge in [0.2, 0.25) is 0 Å². The lowest BCUT2D eigenvalue weighted by molar-refractivity contribution is 0.110. The summed E-state index contributed by atoms with van der Waals surface area (Å²) in [6.45, 7) is 5.49. The Bertz CT molecular complexity index is 317. The minimum absolute atomic E-state index is 0.415. The molecule has 1 saturated heterocycles. The molecule has 1 aliphatic rings. The molecule has 17 heavy (non-hydrogen) atoms. The van der Waals surface area contributed by atoms with Crippen molar-refractivity contribution < 1.29 is 9.47 Å². The fraction of sp³-hybridized carbons (Fsp3) is 0.571. The number of ether oxygens (including phenoxy) is 2. The second-order valence-electron chi connectivity index (χ2n) is 4.34. The Kier molecular flexibility index (Phi) is 4.83. The molecule has 0 saturated carbocycles. The predicted molar refractivity (Wildman–Crippen MR) is 68.3 cm³/mol. The van der Waals surface area contributed by atoms with Gasteiger partial charge < -0.3 is 14.8 Å². The van der Waals surface area contributed by atoms with Crippen molar-refractivity contribution in [2.45, 2.75) is 32.4 Å². The van der Waals surface area contributed by atoms with E-state index in [-0.39, 0.29) is 0 Å². The average Bonchev–Trinajstić information content (AvgIpc) is 2.85. The molecule has 1 aromatic carbocycles. The largest absolute Gasteiger partial charge is 0.494 e. The Balaban J connectivity index is 1.70. The number of nitrogens with one attached hydrogen (secondary N) is 1. The Morgan fingerprint density at radius 1 is 1.35 bits per heavy atom. The Labute approximate surface area is 103 Å². The molecule has 3 heteroatoms. The van der Waals surface area contributed by atoms with Crippen LogP contribution in [0.25, 0.3) is 0 Å². The smallest absolute Gasteiger partial charge is 0.119 e. The van der Waals surface area contributed by atoms with E-state index >= 15 is 0 Å². The number of benzene rings is 1. The molecule has 0 unspecified atom stereocenters. The summed E-state index contributed by atoms with van der Waals surface area (Å²) in [6.07, 6.45) is 2.81. The third kappa shape index (κ3) is 4.02. The van der Waals surface area contributed by atoms with E-state index in [4.69, 9.17) is 9.47 Å². The summed E-state index contributed by atoms with van der Waals surface area (Å²) < 4.78 is 11.0. The van der Waals surface area contributed by atoms with Gasteiger partial charge in [0.1, 0.15) is 5.75 Å². The Hall–Kier alpha value is -1.06. The van der Waals surface area contributed by atoms with Crippen LogP contribution in [0.2, 0.25) is 0 Å². The molecule has 0 amide bonds. The summed E-state index contributed by atoms with van der Waals surface area (Å²) >= 11 is 0. The maximum atomic E-state index is 5.56. The van der Waals surface area contributed by atoms with Crippen LogP contribution in [-0.2, 0) is 11.3 Å². The molecule has 0 radical (unpaired) electrons. The fourth-order valence-corrected chi connectivity index (χ4v) is 2.05. The van der Waals surface area contributed by atoms with Crippen molar-refractivity contribution in [1.82, 2.24) is 5.32 Å². The maximum absolute atomic E-state index is 5.56. The van der Waals surface area contributed by atoms with Crippen LogP contribution < -0.4 is 10.1 Å². The molecular weight excluding hydrogens is 214 g/mol. The highest BCUT2D eigenvalue weighted by molar-refractivity contribution is 5.27. The van der Waals surface area contributed by atoms with Crippen LogP contribution >= 0.6 is 0 Å². The second kappa shape index (κ2) is 6.62. The van der Waals surface area contributed by atoms with Gasteiger partial charge in [-0.2, -0.15) is 0 Å². The van der Waals surface area contributed by atoms with Crippen molar-refractivity contribution in [2.24, 2.45) is 0 Å². The number of hydrogen-bond donors (Lipinski definition) is 1. The molecule has 0 aromatic heterocycles. The lowest BCUT2D eigenvalue weighted by atomic mass is 10.2. The van der Waals surface area contributed by atoms with Crippen LogP contribution in [0.1, 0.15) is 25.3 Å². The lowest BCUT2D eigenvalue weighted by Crippen LogP contribution is -2.25. The van der Waals surface area contributed by atoms with Crippen molar-refractivity contribution >= 4 is 0 Å². The summed E-state index contributed by atoms with van der Waals surface area (Å²) in [6, 6.07) is 8.25. The van der Waals surface area contributed by atoms with Gasteiger partial charge in [-0.25, -0.2) is 0 Å². The average molecular weight is 235 g/mol. The zero-order valence-corrected chi connectivity index (χ0v) is 10.4. The van der Waals surface area contributed by atoms with Crippen molar-refractivity contribution in [3.63, 3.8) is 0 Å². The molecule has 3 nitrogen and oxygen atoms in total. The summed E-state index contributed by atoms with van der Waals surface area (Å²) in [4.78, 5) is 0. The quantitative estimate of drug-likeness (QED) is 0.821. The highest BCUT2D eigenvalue weighted by Gasteiger charge is 2.14. The molecule has 2 rings (SSSR count). The van der Waals surface area contributed by atoms with Gasteiger partial charge in [-0.05, 0) is 37.5 Å². The normalized spacial score (nSPS) is 19.5. The van der Waals surface area contributed by atoms with E-state index in [9.17, 15) is 0 Å². The summed E-state index contributed by atoms with van der Waals surface area (Å²) in [5, 5.41) is 3.43. The molecule has 1 fully saturated rings. The first kappa shape index (κ1) is 12.4. The molecule has 0 spiro atoms. The summed E-state index contributed by atoms with van der Waals surface area (Å²) in [5.41, 5.74) is 1.28. The van der Waals surface area contributed by atoms with Crippen LogP contribution in [0, 0.1) is 0 Å². The zero-order valence-electron chi connectivity index (χ0n) is 10.4. The third-order valence-electron chi connectivity index (χ3n) is 2.96. The van der Waals surface area contributed by atoms with Crippen LogP contribution in [0.15, 0.2) is 24.3 Å². The van der Waals surface area contributed by atoms with E-state index in [0.29, 0.717) is 6.10 Å². The topological polar surface area (TPSA) is 30.5 Å². The van der Waals surface area contributed by atoms with E-state index in [2.05, 4.69) is 17.4 Å². The van der Waals surface area contributed by atoms with E-state index in [0.717, 1.165) is 32.1 Å². The monoisotopic (exact) mass is 235 g/mol. The minimum Gasteiger partial charge on any atom is -0.494 e. The first-order chi connectivity index (χ1) is 8.38. The second-order valence-corrected chi connectivity index (χ2v) is 4.34. The molecule has 0 bridgehead atoms. The van der Waals surface area contributed by atoms with Gasteiger partial charge in [0.25, 0.3) is 0 Å². The first-order valence-corrected chi connectivity index (χ1v) is 6.42. The van der Waals surface area contributed by atoms with Crippen LogP contribution in [0.5, 0.6) is 5.75 Å². The molecule has 1 aliphatic heterocycles. The van der Waals surface area contributed by atoms with E-state index in [1.807, 2.05) is 19.1 Å². The van der Waals surface area contributed by atoms with Gasteiger partial charge in [-0.1, -0.05) is 12.1 Å². The maximum Gasteiger partial charge on any atom is 0.119 e. The van der Waals surface area contributed by atoms with E-state index < -0.39 is 0 Å². The van der Waals surface area contributed by atoms with Crippen molar-refractivity contribution in [3.8, 4) is 5.75 Å². The molecule has 94 valence electrons. The molecular formula is C14H21NO2. The van der Waals surface area contributed by atoms with Gasteiger partial charge in [0, 0.05) is 19.7 Å². The highest BCUT2D eigenvalue weighted by Crippen LogP contribution is 2.13. The minimum atomic E-state index is 0.415. The van der Waals surface area contributed by atoms with Crippen LogP contribution in [0.3, 0.4) is 0 Å². The van der Waals surface area contributed by atoms with Crippen LogP contribution in [0.4, 0.5) is 0 Å². The molecule has 1 N–H and O–H groups in total. The van der Waals surface area contributed by atoms with Crippen molar-refractivity contribution in [3.05, 3.63) is 29.8 Å². The van der Waals surface area contributed by atoms with Gasteiger partial charge >= 0.3 is 0 Å². The SMILES string of the molecule is CCOc1ccc(CNC[C@H]2CCCO2)cc1. The Morgan fingerprint density at radius 3 is 2.82 bits per heavy atom. The van der Waals surface area contributed by atoms with Crippen LogP contribution in [-0.4, -0.2) is 25.9 Å². The van der Waals surface area contributed by atoms with Crippen molar-refractivity contribution in [2.75, 3.05) is 19.8 Å². The predicted octanol–water partition coefficient (Wildman–Crippen LogP) is 2.35. The zero-order chi connectivity index (χ0) is 11.9. The van der Waals surface area contributed by atoms with Gasteiger partial charge in [0.05, 0.1) is 12.7 Å². The highest BCUT2D eigenvalue weighted by atomic mass is 16.5. The number of rotatable bonds is 6. The van der Waals surface area contributed by atoms with Gasteiger partial charge in [-0.3, -0.25) is 0 Å². The number of hydrogen-bond acceptors (Lipinski definition) is 3. The van der Waals surface area contributed by atoms with Gasteiger partial charge in [-0.15, -0.1) is 0 Å². The van der Waals surface area contributed by atoms with Gasteiger partial charge in [0.15, 0.2) is 0 Å². The standard InChI is InChI=1S/C14H21NO2/c1-2-16-13-7-5-12(6-8-13)10-15-11-14-4-3-9-17-14/h5-8,14-15H,2-4,9-11H2,1H3/t14-/m1/s1. The summed E-state index contributed by atoms with van der Waals surface area (Å²) in [7, 11) is 0. The fourth-order valence-electron chi connectivity index (χ4n) is 2.05. The molecule has 1 atom stereocenters. The lowest BCUT2D eigenvalue weighted by Gasteiger charge is -2.11.